The number of fused-ring (bicyclic) bond motifs is 2. The fourth-order valence-electron chi connectivity index (χ4n) is 7.41. The van der Waals surface area contributed by atoms with E-state index in [9.17, 15) is 0 Å². The van der Waals surface area contributed by atoms with E-state index in [1.54, 1.807) is 0 Å². The zero-order chi connectivity index (χ0) is 33.7. The minimum Gasteiger partial charge on any atom is -0.358 e. The Bertz CT molecular complexity index is 2080. The molecule has 0 saturated carbocycles. The van der Waals surface area contributed by atoms with E-state index in [-0.39, 0.29) is 51.5 Å². The van der Waals surface area contributed by atoms with Crippen molar-refractivity contribution in [1.82, 2.24) is 0 Å². The predicted molar refractivity (Wildman–Crippen MR) is 226 cm³/mol. The molecule has 7 aromatic rings. The third-order valence-corrected chi connectivity index (χ3v) is 15.0. The van der Waals surface area contributed by atoms with Crippen LogP contribution in [0.25, 0.3) is 43.8 Å². The van der Waals surface area contributed by atoms with Crippen molar-refractivity contribution in [2.24, 2.45) is 0 Å². The predicted octanol–water partition coefficient (Wildman–Crippen LogP) is 12.7. The Kier molecular flexibility index (Phi) is 12.3. The van der Waals surface area contributed by atoms with Crippen LogP contribution in [-0.2, 0) is 43.1 Å². The van der Waals surface area contributed by atoms with Crippen molar-refractivity contribution in [3.8, 4) is 22.3 Å². The maximum atomic E-state index is 2.61. The quantitative estimate of drug-likeness (QED) is 0.111. The summed E-state index contributed by atoms with van der Waals surface area (Å²) in [7, 11) is -2.18. The minimum atomic E-state index is -2.18. The van der Waals surface area contributed by atoms with Gasteiger partial charge in [0.05, 0.1) is 8.07 Å². The van der Waals surface area contributed by atoms with Crippen molar-refractivity contribution in [3.63, 3.8) is 0 Å². The summed E-state index contributed by atoms with van der Waals surface area (Å²) < 4.78 is 0. The smallest absolute Gasteiger partial charge is 0.358 e. The summed E-state index contributed by atoms with van der Waals surface area (Å²) in [6.07, 6.45) is 1.08. The summed E-state index contributed by atoms with van der Waals surface area (Å²) in [4.78, 5) is 0. The normalized spacial score (nSPS) is 11.9. The maximum Gasteiger partial charge on any atom is 4.00 e. The monoisotopic (exact) mass is 850 g/mol. The first kappa shape index (κ1) is 40.2. The van der Waals surface area contributed by atoms with E-state index >= 15 is 0 Å². The molecule has 0 aliphatic heterocycles. The molecular formula is C49H54HfSi. The first-order valence-corrected chi connectivity index (χ1v) is 20.3. The standard InChI is InChI=1S/C47H48Si.2CH3.Hf/c1-46(2,3)38-21-11-17-34(27-38)42-23-13-19-36-29-40(31-44(36)42)48(7,26-25-33-15-9-8-10-16-33)41-30-37-20-14-24-43(45(37)32-41)35-18-12-22-39(28-35)47(4,5)6;;;/h8-24,27-32H,25-26H2,1-7H3;2*1H3;/q-2;2*-1;+4. The van der Waals surface area contributed by atoms with Crippen molar-refractivity contribution in [1.29, 1.82) is 0 Å². The van der Waals surface area contributed by atoms with Gasteiger partial charge in [0, 0.05) is 0 Å². The minimum absolute atomic E-state index is 0. The average molecular weight is 850 g/mol. The molecule has 0 bridgehead atoms. The molecule has 0 atom stereocenters. The van der Waals surface area contributed by atoms with Crippen LogP contribution in [0.3, 0.4) is 0 Å². The van der Waals surface area contributed by atoms with E-state index in [2.05, 4.69) is 188 Å². The van der Waals surface area contributed by atoms with Gasteiger partial charge in [-0.05, 0) is 51.1 Å². The van der Waals surface area contributed by atoms with Gasteiger partial charge in [-0.25, -0.2) is 0 Å². The Hall–Kier alpha value is -3.59. The second-order valence-corrected chi connectivity index (χ2v) is 20.4. The van der Waals surface area contributed by atoms with Gasteiger partial charge >= 0.3 is 25.8 Å². The van der Waals surface area contributed by atoms with E-state index in [1.165, 1.54) is 70.9 Å². The molecule has 0 spiro atoms. The van der Waals surface area contributed by atoms with Gasteiger partial charge in [0.2, 0.25) is 0 Å². The molecule has 0 saturated heterocycles. The van der Waals surface area contributed by atoms with E-state index in [0.717, 1.165) is 12.5 Å². The molecule has 51 heavy (non-hydrogen) atoms. The topological polar surface area (TPSA) is 0 Å². The van der Waals surface area contributed by atoms with Crippen molar-refractivity contribution in [2.45, 2.75) is 71.4 Å². The molecule has 2 heteroatoms. The van der Waals surface area contributed by atoms with Gasteiger partial charge in [-0.3, -0.25) is 0 Å². The Morgan fingerprint density at radius 3 is 1.37 bits per heavy atom. The maximum absolute atomic E-state index is 2.61. The van der Waals surface area contributed by atoms with Crippen LogP contribution in [0, 0.1) is 14.9 Å². The molecule has 7 aromatic carbocycles. The van der Waals surface area contributed by atoms with Gasteiger partial charge in [-0.1, -0.05) is 150 Å². The van der Waals surface area contributed by atoms with Crippen LogP contribution >= 0.6 is 0 Å². The molecule has 0 aliphatic rings. The molecule has 0 fully saturated rings. The molecule has 0 unspecified atom stereocenters. The first-order valence-electron chi connectivity index (χ1n) is 17.6. The van der Waals surface area contributed by atoms with Crippen molar-refractivity contribution >= 4 is 40.0 Å². The average Bonchev–Trinajstić information content (AvgIpc) is 3.73. The van der Waals surface area contributed by atoms with Crippen LogP contribution < -0.4 is 10.4 Å². The number of hydrogen-bond acceptors (Lipinski definition) is 0. The molecule has 0 aromatic heterocycles. The summed E-state index contributed by atoms with van der Waals surface area (Å²) in [6, 6.07) is 54.4. The molecule has 0 amide bonds. The second kappa shape index (κ2) is 15.6. The number of hydrogen-bond donors (Lipinski definition) is 0. The van der Waals surface area contributed by atoms with E-state index in [0.29, 0.717) is 0 Å². The third-order valence-electron chi connectivity index (χ3n) is 10.6. The van der Waals surface area contributed by atoms with Gasteiger partial charge in [0.15, 0.2) is 0 Å². The molecule has 0 aliphatic carbocycles. The van der Waals surface area contributed by atoms with Crippen LogP contribution in [0.15, 0.2) is 140 Å². The Labute approximate surface area is 328 Å². The van der Waals surface area contributed by atoms with Crippen LogP contribution in [0.1, 0.15) is 58.2 Å². The van der Waals surface area contributed by atoms with Gasteiger partial charge < -0.3 is 14.9 Å². The zero-order valence-electron chi connectivity index (χ0n) is 32.2. The van der Waals surface area contributed by atoms with E-state index < -0.39 is 8.07 Å². The number of rotatable bonds is 7. The summed E-state index contributed by atoms with van der Waals surface area (Å²) in [5, 5.41) is 8.48. The van der Waals surface area contributed by atoms with Crippen molar-refractivity contribution in [3.05, 3.63) is 171 Å². The van der Waals surface area contributed by atoms with Gasteiger partial charge in [-0.15, -0.1) is 68.3 Å². The Morgan fingerprint density at radius 2 is 0.941 bits per heavy atom. The molecule has 258 valence electrons. The number of aryl methyl sites for hydroxylation is 1. The SMILES string of the molecule is CC(C)(C)c1cccc(-c2cccc3[cH-]c([Si](C)(CCc4ccccc4)c4cc5c(-c6cccc(C(C)(C)C)c6)cccc5[cH-]4)cc23)c1.[CH3-].[CH3-].[Hf+4]. The van der Waals surface area contributed by atoms with Crippen molar-refractivity contribution < 1.29 is 25.8 Å². The van der Waals surface area contributed by atoms with E-state index in [4.69, 9.17) is 0 Å². The summed E-state index contributed by atoms with van der Waals surface area (Å²) in [5.74, 6) is 0. The van der Waals surface area contributed by atoms with Gasteiger partial charge in [0.25, 0.3) is 0 Å². The summed E-state index contributed by atoms with van der Waals surface area (Å²) in [5.41, 5.74) is 9.65. The van der Waals surface area contributed by atoms with Crippen LogP contribution in [0.4, 0.5) is 0 Å². The fraction of sp³-hybridized carbons (Fsp3) is 0.224. The molecule has 0 nitrogen and oxygen atoms in total. The molecule has 7 rings (SSSR count). The van der Waals surface area contributed by atoms with Gasteiger partial charge in [-0.2, -0.15) is 12.1 Å². The van der Waals surface area contributed by atoms with Crippen LogP contribution in [-0.4, -0.2) is 8.07 Å². The number of benzene rings is 5. The van der Waals surface area contributed by atoms with Crippen molar-refractivity contribution in [2.75, 3.05) is 0 Å². The second-order valence-electron chi connectivity index (χ2n) is 16.1. The fourth-order valence-corrected chi connectivity index (χ4v) is 11.0. The van der Waals surface area contributed by atoms with Crippen LogP contribution in [0.2, 0.25) is 12.6 Å². The Morgan fingerprint density at radius 1 is 0.510 bits per heavy atom. The van der Waals surface area contributed by atoms with E-state index in [1.807, 2.05) is 0 Å². The molecule has 0 N–H and O–H groups in total. The third kappa shape index (κ3) is 8.08. The van der Waals surface area contributed by atoms with Gasteiger partial charge in [0.1, 0.15) is 0 Å². The molecule has 0 heterocycles. The summed E-state index contributed by atoms with van der Waals surface area (Å²) in [6.45, 7) is 16.4. The zero-order valence-corrected chi connectivity index (χ0v) is 36.8. The molecular weight excluding hydrogens is 795 g/mol. The van der Waals surface area contributed by atoms with Crippen LogP contribution in [0.5, 0.6) is 0 Å². The largest absolute Gasteiger partial charge is 4.00 e. The molecule has 0 radical (unpaired) electrons. The Balaban J connectivity index is 0.00000194. The summed E-state index contributed by atoms with van der Waals surface area (Å²) >= 11 is 0. The first-order chi connectivity index (χ1) is 22.9.